The Labute approximate surface area is 204 Å². The molecule has 176 valence electrons. The maximum atomic E-state index is 13.7. The Morgan fingerprint density at radius 3 is 2.39 bits per heavy atom. The van der Waals surface area contributed by atoms with Crippen LogP contribution in [0.4, 0.5) is 13.2 Å². The maximum Gasteiger partial charge on any atom is 0.435 e. The van der Waals surface area contributed by atoms with Crippen molar-refractivity contribution < 1.29 is 22.7 Å². The minimum absolute atomic E-state index is 0.0272. The summed E-state index contributed by atoms with van der Waals surface area (Å²) in [5.74, 6) is -0.437. The highest BCUT2D eigenvalue weighted by molar-refractivity contribution is 7.80. The predicted octanol–water partition coefficient (Wildman–Crippen LogP) is 6.57. The largest absolute Gasteiger partial charge is 0.448 e. The van der Waals surface area contributed by atoms with Crippen LogP contribution in [0.3, 0.4) is 0 Å². The molecule has 0 atom stereocenters. The topological polar surface area (TPSA) is 72.4 Å². The molecule has 2 aromatic rings. The molecule has 0 N–H and O–H groups in total. The van der Waals surface area contributed by atoms with Crippen LogP contribution in [0.15, 0.2) is 35.0 Å². The molecule has 0 fully saturated rings. The van der Waals surface area contributed by atoms with E-state index in [0.717, 1.165) is 4.68 Å². The fraction of sp³-hybridized carbons (Fsp3) is 0.333. The third kappa shape index (κ3) is 6.69. The van der Waals surface area contributed by atoms with Crippen LogP contribution in [-0.2, 0) is 22.8 Å². The number of oxime groups is 1. The van der Waals surface area contributed by atoms with Crippen molar-refractivity contribution >= 4 is 51.9 Å². The Morgan fingerprint density at radius 2 is 1.88 bits per heavy atom. The zero-order chi connectivity index (χ0) is 24.8. The minimum Gasteiger partial charge on any atom is -0.448 e. The van der Waals surface area contributed by atoms with Gasteiger partial charge in [-0.1, -0.05) is 47.4 Å². The molecule has 0 saturated heterocycles. The number of ether oxygens (including phenoxy) is 1. The Hall–Kier alpha value is -2.61. The van der Waals surface area contributed by atoms with Crippen molar-refractivity contribution in [2.24, 2.45) is 12.2 Å². The van der Waals surface area contributed by atoms with Crippen molar-refractivity contribution in [3.8, 4) is 6.07 Å². The molecule has 1 aromatic carbocycles. The number of aryl methyl sites for hydroxylation is 1. The SMILES string of the molecule is CCON=C(CC(C#N)=C(OC(=S)CC)c1c(C(F)(F)F)nn(C)c1Cl)c1ccc(Cl)cc1. The van der Waals surface area contributed by atoms with E-state index in [0.29, 0.717) is 10.6 Å². The van der Waals surface area contributed by atoms with Gasteiger partial charge in [0.1, 0.15) is 11.8 Å². The molecule has 0 aliphatic rings. The van der Waals surface area contributed by atoms with E-state index >= 15 is 0 Å². The first kappa shape index (κ1) is 26.6. The Bertz CT molecular complexity index is 1120. The molecule has 0 spiro atoms. The quantitative estimate of drug-likeness (QED) is 0.130. The van der Waals surface area contributed by atoms with Gasteiger partial charge in [-0.25, -0.2) is 0 Å². The van der Waals surface area contributed by atoms with Crippen molar-refractivity contribution in [2.45, 2.75) is 32.9 Å². The molecule has 0 amide bonds. The Balaban J connectivity index is 2.75. The molecule has 6 nitrogen and oxygen atoms in total. The van der Waals surface area contributed by atoms with Gasteiger partial charge in [-0.15, -0.1) is 0 Å². The van der Waals surface area contributed by atoms with E-state index in [2.05, 4.69) is 10.3 Å². The van der Waals surface area contributed by atoms with Gasteiger partial charge in [0.15, 0.2) is 16.5 Å². The fourth-order valence-corrected chi connectivity index (χ4v) is 3.08. The zero-order valence-electron chi connectivity index (χ0n) is 17.8. The van der Waals surface area contributed by atoms with Crippen molar-refractivity contribution in [1.82, 2.24) is 9.78 Å². The summed E-state index contributed by atoms with van der Waals surface area (Å²) in [4.78, 5) is 5.15. The Morgan fingerprint density at radius 1 is 1.24 bits per heavy atom. The number of nitriles is 1. The normalized spacial score (nSPS) is 12.8. The summed E-state index contributed by atoms with van der Waals surface area (Å²) in [5, 5.41) is 17.5. The third-order valence-corrected chi connectivity index (χ3v) is 5.27. The lowest BCUT2D eigenvalue weighted by Gasteiger charge is -2.15. The first-order chi connectivity index (χ1) is 15.5. The molecule has 2 rings (SSSR count). The highest BCUT2D eigenvalue weighted by atomic mass is 35.5. The highest BCUT2D eigenvalue weighted by Gasteiger charge is 2.41. The van der Waals surface area contributed by atoms with Crippen LogP contribution in [0.2, 0.25) is 10.2 Å². The van der Waals surface area contributed by atoms with E-state index in [9.17, 15) is 18.4 Å². The lowest BCUT2D eigenvalue weighted by atomic mass is 9.99. The molecule has 1 heterocycles. The number of allylic oxidation sites excluding steroid dienone is 1. The fourth-order valence-electron chi connectivity index (χ4n) is 2.66. The van der Waals surface area contributed by atoms with E-state index in [1.165, 1.54) is 7.05 Å². The molecule has 0 aliphatic carbocycles. The lowest BCUT2D eigenvalue weighted by Crippen LogP contribution is -2.13. The van der Waals surface area contributed by atoms with E-state index in [4.69, 9.17) is 45.0 Å². The van der Waals surface area contributed by atoms with Crippen molar-refractivity contribution in [2.75, 3.05) is 6.61 Å². The van der Waals surface area contributed by atoms with Gasteiger partial charge in [-0.05, 0) is 36.8 Å². The molecule has 12 heteroatoms. The van der Waals surface area contributed by atoms with Crippen LogP contribution in [0.25, 0.3) is 5.76 Å². The predicted molar refractivity (Wildman–Crippen MR) is 124 cm³/mol. The summed E-state index contributed by atoms with van der Waals surface area (Å²) in [6, 6.07) is 8.41. The number of thiocarbonyl (C=S) groups is 1. The average Bonchev–Trinajstić information content (AvgIpc) is 3.08. The summed E-state index contributed by atoms with van der Waals surface area (Å²) in [6.45, 7) is 3.61. The van der Waals surface area contributed by atoms with Crippen LogP contribution >= 0.6 is 35.4 Å². The molecule has 0 unspecified atom stereocenters. The number of alkyl halides is 3. The Kier molecular flexibility index (Phi) is 9.28. The summed E-state index contributed by atoms with van der Waals surface area (Å²) in [5.41, 5.74) is -1.26. The number of halogens is 5. The standard InChI is InChI=1S/C21H19Cl2F3N4O2S/c1-4-16(33)32-18(17-19(21(24,25)26)28-30(3)20(17)23)13(11-27)10-15(29-31-5-2)12-6-8-14(22)9-7-12/h6-9H,4-5,10H2,1-3H3. The monoisotopic (exact) mass is 518 g/mol. The van der Waals surface area contributed by atoms with Crippen LogP contribution in [0, 0.1) is 11.3 Å². The number of hydrogen-bond acceptors (Lipinski definition) is 6. The number of hydrogen-bond donors (Lipinski definition) is 0. The van der Waals surface area contributed by atoms with Gasteiger partial charge < -0.3 is 9.57 Å². The number of benzene rings is 1. The number of rotatable bonds is 8. The van der Waals surface area contributed by atoms with Gasteiger partial charge in [-0.2, -0.15) is 23.5 Å². The van der Waals surface area contributed by atoms with Crippen LogP contribution in [0.1, 0.15) is 43.5 Å². The van der Waals surface area contributed by atoms with Gasteiger partial charge in [0.05, 0.1) is 22.9 Å². The molecule has 33 heavy (non-hydrogen) atoms. The summed E-state index contributed by atoms with van der Waals surface area (Å²) >= 11 is 17.2. The van der Waals surface area contributed by atoms with Crippen LogP contribution in [-0.4, -0.2) is 27.1 Å². The van der Waals surface area contributed by atoms with Crippen molar-refractivity contribution in [3.05, 3.63) is 56.8 Å². The van der Waals surface area contributed by atoms with Gasteiger partial charge in [0.25, 0.3) is 0 Å². The second kappa shape index (κ2) is 11.5. The minimum atomic E-state index is -4.86. The van der Waals surface area contributed by atoms with E-state index in [1.807, 2.05) is 6.07 Å². The second-order valence-corrected chi connectivity index (χ2v) is 7.77. The molecule has 1 aromatic heterocycles. The van der Waals surface area contributed by atoms with Gasteiger partial charge >= 0.3 is 6.18 Å². The summed E-state index contributed by atoms with van der Waals surface area (Å²) in [7, 11) is 1.25. The number of aromatic nitrogens is 2. The molecule has 0 radical (unpaired) electrons. The molecule has 0 aliphatic heterocycles. The first-order valence-corrected chi connectivity index (χ1v) is 10.8. The van der Waals surface area contributed by atoms with E-state index in [-0.39, 0.29) is 40.9 Å². The highest BCUT2D eigenvalue weighted by Crippen LogP contribution is 2.40. The molecular weight excluding hydrogens is 500 g/mol. The maximum absolute atomic E-state index is 13.7. The van der Waals surface area contributed by atoms with Crippen molar-refractivity contribution in [1.29, 1.82) is 5.26 Å². The molecule has 0 bridgehead atoms. The van der Waals surface area contributed by atoms with E-state index < -0.39 is 23.2 Å². The number of nitrogens with zero attached hydrogens (tertiary/aromatic N) is 4. The smallest absolute Gasteiger partial charge is 0.435 e. The van der Waals surface area contributed by atoms with Crippen molar-refractivity contribution in [3.63, 3.8) is 0 Å². The lowest BCUT2D eigenvalue weighted by molar-refractivity contribution is -0.141. The zero-order valence-corrected chi connectivity index (χ0v) is 20.2. The summed E-state index contributed by atoms with van der Waals surface area (Å²) < 4.78 is 47.6. The van der Waals surface area contributed by atoms with Gasteiger partial charge in [0.2, 0.25) is 0 Å². The summed E-state index contributed by atoms with van der Waals surface area (Å²) in [6.07, 6.45) is -4.88. The molecular formula is C21H19Cl2F3N4O2S. The average molecular weight is 519 g/mol. The third-order valence-electron chi connectivity index (χ3n) is 4.21. The second-order valence-electron chi connectivity index (χ2n) is 6.52. The van der Waals surface area contributed by atoms with Crippen LogP contribution in [0.5, 0.6) is 0 Å². The van der Waals surface area contributed by atoms with Gasteiger partial charge in [-0.3, -0.25) is 4.68 Å². The first-order valence-electron chi connectivity index (χ1n) is 9.62. The van der Waals surface area contributed by atoms with E-state index in [1.54, 1.807) is 38.1 Å². The van der Waals surface area contributed by atoms with Crippen LogP contribution < -0.4 is 0 Å². The molecule has 0 saturated carbocycles. The van der Waals surface area contributed by atoms with Gasteiger partial charge in [0, 0.05) is 24.9 Å².